The third-order valence-electron chi connectivity index (χ3n) is 0.283. The van der Waals surface area contributed by atoms with Gasteiger partial charge in [-0.25, -0.2) is 0 Å². The van der Waals surface area contributed by atoms with E-state index in [1.165, 1.54) is 0 Å². The molecular formula is CH3N3. The number of hydrogen-bond acceptors (Lipinski definition) is 3. The first-order valence-electron chi connectivity index (χ1n) is 1.09. The summed E-state index contributed by atoms with van der Waals surface area (Å²) in [7, 11) is 0. The van der Waals surface area contributed by atoms with E-state index >= 15 is 0 Å². The minimum Gasteiger partial charge on any atom is -0.268 e. The van der Waals surface area contributed by atoms with Crippen LogP contribution >= 0.6 is 0 Å². The first kappa shape index (κ1) is 1.69. The Kier molecular flexibility index (Phi) is 0.172. The summed E-state index contributed by atoms with van der Waals surface area (Å²) in [4.78, 5) is 0. The Hall–Kier alpha value is -0.600. The van der Waals surface area contributed by atoms with Crippen molar-refractivity contribution in [2.24, 2.45) is 10.3 Å². The molecule has 0 aromatic heterocycles. The van der Waals surface area contributed by atoms with E-state index < -0.39 is 0 Å². The van der Waals surface area contributed by atoms with Crippen molar-refractivity contribution in [3.8, 4) is 0 Å². The first-order valence-corrected chi connectivity index (χ1v) is 1.09. The van der Waals surface area contributed by atoms with Gasteiger partial charge in [0.1, 0.15) is 6.67 Å². The molecule has 0 unspecified atom stereocenters. The van der Waals surface area contributed by atoms with Crippen molar-refractivity contribution < 1.29 is 0 Å². The molecule has 1 aliphatic rings. The van der Waals surface area contributed by atoms with Crippen LogP contribution in [0.1, 0.15) is 0 Å². The molecule has 4 heavy (non-hydrogen) atoms. The molecule has 0 fully saturated rings. The Balaban J connectivity index is 2.47. The van der Waals surface area contributed by atoms with Crippen LogP contribution in [0.4, 0.5) is 0 Å². The Morgan fingerprint density at radius 1 is 1.75 bits per heavy atom. The summed E-state index contributed by atoms with van der Waals surface area (Å²) >= 11 is 0. The molecule has 1 N–H and O–H groups in total. The Labute approximate surface area is 23.7 Å². The zero-order chi connectivity index (χ0) is 2.83. The molecule has 0 aromatic rings. The predicted molar refractivity (Wildman–Crippen MR) is 12.9 cm³/mol. The van der Waals surface area contributed by atoms with E-state index in [0.29, 0.717) is 6.67 Å². The number of nitrogens with one attached hydrogen (secondary N) is 1. The van der Waals surface area contributed by atoms with E-state index in [9.17, 15) is 0 Å². The van der Waals surface area contributed by atoms with E-state index in [1.54, 1.807) is 0 Å². The molecule has 0 aromatic carbocycles. The van der Waals surface area contributed by atoms with Gasteiger partial charge in [0.25, 0.3) is 0 Å². The molecule has 1 rings (SSSR count). The van der Waals surface area contributed by atoms with Crippen molar-refractivity contribution in [1.82, 2.24) is 5.43 Å². The molecule has 0 amide bonds. The Morgan fingerprint density at radius 2 is 2.00 bits per heavy atom. The zero-order valence-corrected chi connectivity index (χ0v) is 2.10. The number of rotatable bonds is 0. The summed E-state index contributed by atoms with van der Waals surface area (Å²) in [6.45, 7) is 0.708. The zero-order valence-electron chi connectivity index (χ0n) is 2.10. The molecule has 0 bridgehead atoms. The van der Waals surface area contributed by atoms with Crippen molar-refractivity contribution >= 4 is 0 Å². The second kappa shape index (κ2) is 0.407. The highest BCUT2D eigenvalue weighted by Gasteiger charge is 1.79. The highest BCUT2D eigenvalue weighted by atomic mass is 15.5. The SMILES string of the molecule is C1N=NN1. The molecular weight excluding hydrogens is 54.0 g/mol. The van der Waals surface area contributed by atoms with Crippen LogP contribution in [-0.2, 0) is 0 Å². The van der Waals surface area contributed by atoms with Crippen molar-refractivity contribution in [2.75, 3.05) is 6.67 Å². The standard InChI is InChI=1S/CH3N3/c1-2-4-3-1/h1H2,(H,2,3). The van der Waals surface area contributed by atoms with Gasteiger partial charge in [-0.1, -0.05) is 5.22 Å². The van der Waals surface area contributed by atoms with Gasteiger partial charge in [0.05, 0.1) is 0 Å². The lowest BCUT2D eigenvalue weighted by molar-refractivity contribution is 0.566. The summed E-state index contributed by atoms with van der Waals surface area (Å²) in [5.74, 6) is 0. The number of hydrogen-bond donors (Lipinski definition) is 1. The highest BCUT2D eigenvalue weighted by Crippen LogP contribution is 1.74. The highest BCUT2D eigenvalue weighted by molar-refractivity contribution is 4.33. The van der Waals surface area contributed by atoms with Gasteiger partial charge in [-0.05, 0) is 0 Å². The van der Waals surface area contributed by atoms with Crippen LogP contribution in [-0.4, -0.2) is 6.67 Å². The van der Waals surface area contributed by atoms with Crippen LogP contribution < -0.4 is 5.43 Å². The Bertz CT molecular complexity index is 32.5. The fraction of sp³-hybridized carbons (Fsp3) is 1.00. The van der Waals surface area contributed by atoms with Gasteiger partial charge in [0, 0.05) is 0 Å². The van der Waals surface area contributed by atoms with E-state index in [1.807, 2.05) is 0 Å². The summed E-state index contributed by atoms with van der Waals surface area (Å²) in [6, 6.07) is 0. The van der Waals surface area contributed by atoms with E-state index in [2.05, 4.69) is 15.8 Å². The predicted octanol–water partition coefficient (Wildman–Crippen LogP) is -0.0857. The summed E-state index contributed by atoms with van der Waals surface area (Å²) in [5, 5.41) is 6.72. The van der Waals surface area contributed by atoms with Crippen LogP contribution in [0.5, 0.6) is 0 Å². The van der Waals surface area contributed by atoms with Crippen LogP contribution in [0.15, 0.2) is 10.3 Å². The minimum absolute atomic E-state index is 0.708. The maximum atomic E-state index is 3.43. The second-order valence-electron chi connectivity index (χ2n) is 0.558. The molecule has 0 spiro atoms. The van der Waals surface area contributed by atoms with Gasteiger partial charge >= 0.3 is 0 Å². The lowest BCUT2D eigenvalue weighted by Crippen LogP contribution is -2.11. The maximum absolute atomic E-state index is 3.43. The molecule has 0 atom stereocenters. The minimum atomic E-state index is 0.708. The lowest BCUT2D eigenvalue weighted by atomic mass is 11.2. The van der Waals surface area contributed by atoms with Gasteiger partial charge in [0.2, 0.25) is 0 Å². The van der Waals surface area contributed by atoms with Crippen LogP contribution in [0.3, 0.4) is 0 Å². The molecule has 1 aliphatic heterocycles. The molecule has 0 saturated carbocycles. The number of nitrogens with zero attached hydrogens (tertiary/aromatic N) is 2. The molecule has 0 aliphatic carbocycles. The largest absolute Gasteiger partial charge is 0.268 e. The maximum Gasteiger partial charge on any atom is 0.148 e. The van der Waals surface area contributed by atoms with Crippen molar-refractivity contribution in [1.29, 1.82) is 0 Å². The topological polar surface area (TPSA) is 36.8 Å². The smallest absolute Gasteiger partial charge is 0.148 e. The van der Waals surface area contributed by atoms with Gasteiger partial charge in [0.15, 0.2) is 0 Å². The first-order chi connectivity index (χ1) is 2.00. The van der Waals surface area contributed by atoms with Crippen LogP contribution in [0, 0.1) is 0 Å². The monoisotopic (exact) mass is 57.0 g/mol. The summed E-state index contributed by atoms with van der Waals surface area (Å²) in [6.07, 6.45) is 0. The average molecular weight is 57.1 g/mol. The van der Waals surface area contributed by atoms with E-state index in [4.69, 9.17) is 0 Å². The fourth-order valence-electron chi connectivity index (χ4n) is 0.0707. The van der Waals surface area contributed by atoms with Crippen LogP contribution in [0.25, 0.3) is 0 Å². The fourth-order valence-corrected chi connectivity index (χ4v) is 0.0707. The van der Waals surface area contributed by atoms with Gasteiger partial charge in [-0.2, -0.15) is 0 Å². The van der Waals surface area contributed by atoms with Crippen molar-refractivity contribution in [2.45, 2.75) is 0 Å². The second-order valence-corrected chi connectivity index (χ2v) is 0.558. The van der Waals surface area contributed by atoms with E-state index in [-0.39, 0.29) is 0 Å². The van der Waals surface area contributed by atoms with Crippen LogP contribution in [0.2, 0.25) is 0 Å². The normalized spacial score (nSPS) is 18.0. The van der Waals surface area contributed by atoms with Gasteiger partial charge in [-0.15, -0.1) is 5.11 Å². The molecule has 1 heterocycles. The molecule has 0 radical (unpaired) electrons. The van der Waals surface area contributed by atoms with Crippen molar-refractivity contribution in [3.63, 3.8) is 0 Å². The van der Waals surface area contributed by atoms with Crippen molar-refractivity contribution in [3.05, 3.63) is 0 Å². The average Bonchev–Trinajstić information content (AvgIpc) is 0.722. The lowest BCUT2D eigenvalue weighted by Gasteiger charge is -1.95. The Morgan fingerprint density at radius 3 is 2.00 bits per heavy atom. The molecule has 3 nitrogen and oxygen atoms in total. The van der Waals surface area contributed by atoms with Gasteiger partial charge < -0.3 is 0 Å². The van der Waals surface area contributed by atoms with E-state index in [0.717, 1.165) is 0 Å². The third-order valence-corrected chi connectivity index (χ3v) is 0.283. The molecule has 22 valence electrons. The molecule has 3 heteroatoms. The van der Waals surface area contributed by atoms with Gasteiger partial charge in [-0.3, -0.25) is 5.43 Å². The summed E-state index contributed by atoms with van der Waals surface area (Å²) in [5.41, 5.74) is 2.57. The third kappa shape index (κ3) is 0.0194. The quantitative estimate of drug-likeness (QED) is 0.414. The summed E-state index contributed by atoms with van der Waals surface area (Å²) < 4.78 is 0. The molecule has 0 saturated heterocycles.